The van der Waals surface area contributed by atoms with E-state index in [4.69, 9.17) is 14.2 Å². The first-order chi connectivity index (χ1) is 12.5. The second-order valence-corrected chi connectivity index (χ2v) is 8.36. The SMILES string of the molecule is CCOc1ccc(S(=O)(=O)N(CCOC)Cc2cccs2)cc1OCC. The van der Waals surface area contributed by atoms with Gasteiger partial charge in [-0.1, -0.05) is 6.07 Å². The predicted octanol–water partition coefficient (Wildman–Crippen LogP) is 3.38. The fourth-order valence-corrected chi connectivity index (χ4v) is 4.61. The minimum absolute atomic E-state index is 0.178. The van der Waals surface area contributed by atoms with Gasteiger partial charge < -0.3 is 14.2 Å². The van der Waals surface area contributed by atoms with E-state index in [1.165, 1.54) is 21.7 Å². The van der Waals surface area contributed by atoms with Crippen molar-refractivity contribution in [2.45, 2.75) is 25.3 Å². The van der Waals surface area contributed by atoms with Crippen molar-refractivity contribution in [1.29, 1.82) is 0 Å². The van der Waals surface area contributed by atoms with E-state index in [2.05, 4.69) is 0 Å². The maximum atomic E-state index is 13.2. The van der Waals surface area contributed by atoms with Crippen molar-refractivity contribution >= 4 is 21.4 Å². The highest BCUT2D eigenvalue weighted by Gasteiger charge is 2.26. The average molecular weight is 400 g/mol. The first kappa shape index (κ1) is 20.7. The van der Waals surface area contributed by atoms with Crippen LogP contribution in [0.4, 0.5) is 0 Å². The molecule has 0 radical (unpaired) electrons. The Morgan fingerprint density at radius 3 is 2.42 bits per heavy atom. The number of thiophene rings is 1. The zero-order valence-electron chi connectivity index (χ0n) is 15.3. The second-order valence-electron chi connectivity index (χ2n) is 5.39. The minimum Gasteiger partial charge on any atom is -0.490 e. The Kier molecular flexibility index (Phi) is 7.89. The van der Waals surface area contributed by atoms with Crippen LogP contribution in [0.15, 0.2) is 40.6 Å². The van der Waals surface area contributed by atoms with Gasteiger partial charge in [0.15, 0.2) is 11.5 Å². The smallest absolute Gasteiger partial charge is 0.243 e. The molecule has 8 heteroatoms. The largest absolute Gasteiger partial charge is 0.490 e. The third-order valence-corrected chi connectivity index (χ3v) is 6.31. The van der Waals surface area contributed by atoms with Gasteiger partial charge in [0.1, 0.15) is 0 Å². The lowest BCUT2D eigenvalue weighted by molar-refractivity contribution is 0.177. The van der Waals surface area contributed by atoms with Crippen molar-refractivity contribution in [3.63, 3.8) is 0 Å². The highest BCUT2D eigenvalue weighted by Crippen LogP contribution is 2.32. The molecule has 0 atom stereocenters. The maximum absolute atomic E-state index is 13.2. The summed E-state index contributed by atoms with van der Waals surface area (Å²) in [6.07, 6.45) is 0. The number of benzene rings is 1. The van der Waals surface area contributed by atoms with Gasteiger partial charge in [0.2, 0.25) is 10.0 Å². The number of methoxy groups -OCH3 is 1. The molecule has 0 saturated carbocycles. The maximum Gasteiger partial charge on any atom is 0.243 e. The third kappa shape index (κ3) is 5.20. The average Bonchev–Trinajstić information content (AvgIpc) is 3.13. The highest BCUT2D eigenvalue weighted by molar-refractivity contribution is 7.89. The van der Waals surface area contributed by atoms with E-state index in [-0.39, 0.29) is 11.4 Å². The van der Waals surface area contributed by atoms with Gasteiger partial charge in [0.25, 0.3) is 0 Å². The van der Waals surface area contributed by atoms with Crippen LogP contribution in [0, 0.1) is 0 Å². The van der Waals surface area contributed by atoms with E-state index in [1.807, 2.05) is 31.4 Å². The summed E-state index contributed by atoms with van der Waals surface area (Å²) in [7, 11) is -2.14. The van der Waals surface area contributed by atoms with Crippen LogP contribution in [0.3, 0.4) is 0 Å². The molecule has 0 saturated heterocycles. The number of rotatable bonds is 11. The van der Waals surface area contributed by atoms with Crippen LogP contribution in [-0.4, -0.2) is 46.2 Å². The van der Waals surface area contributed by atoms with Crippen LogP contribution in [0.5, 0.6) is 11.5 Å². The number of ether oxygens (including phenoxy) is 3. The van der Waals surface area contributed by atoms with Crippen molar-refractivity contribution in [3.05, 3.63) is 40.6 Å². The van der Waals surface area contributed by atoms with Gasteiger partial charge in [-0.15, -0.1) is 11.3 Å². The summed E-state index contributed by atoms with van der Waals surface area (Å²) in [5.41, 5.74) is 0. The summed E-state index contributed by atoms with van der Waals surface area (Å²) in [6, 6.07) is 8.55. The van der Waals surface area contributed by atoms with Gasteiger partial charge in [-0.2, -0.15) is 4.31 Å². The van der Waals surface area contributed by atoms with Crippen LogP contribution >= 0.6 is 11.3 Å². The molecule has 0 bridgehead atoms. The minimum atomic E-state index is -3.70. The van der Waals surface area contributed by atoms with Gasteiger partial charge in [-0.05, 0) is 37.4 Å². The lowest BCUT2D eigenvalue weighted by Gasteiger charge is -2.22. The molecule has 0 aliphatic rings. The second kappa shape index (κ2) is 9.91. The van der Waals surface area contributed by atoms with Gasteiger partial charge in [0.05, 0.1) is 24.7 Å². The van der Waals surface area contributed by atoms with Crippen molar-refractivity contribution in [3.8, 4) is 11.5 Å². The zero-order chi connectivity index (χ0) is 19.0. The summed E-state index contributed by atoms with van der Waals surface area (Å²) >= 11 is 1.52. The molecule has 2 rings (SSSR count). The lowest BCUT2D eigenvalue weighted by atomic mass is 10.3. The van der Waals surface area contributed by atoms with Crippen LogP contribution < -0.4 is 9.47 Å². The van der Waals surface area contributed by atoms with E-state index >= 15 is 0 Å². The predicted molar refractivity (Wildman–Crippen MR) is 103 cm³/mol. The Morgan fingerprint density at radius 1 is 1.08 bits per heavy atom. The molecular formula is C18H25NO5S2. The quantitative estimate of drug-likeness (QED) is 0.580. The van der Waals surface area contributed by atoms with E-state index in [1.54, 1.807) is 19.2 Å². The molecule has 2 aromatic rings. The van der Waals surface area contributed by atoms with Crippen LogP contribution in [0.25, 0.3) is 0 Å². The number of nitrogens with zero attached hydrogens (tertiary/aromatic N) is 1. The van der Waals surface area contributed by atoms with Gasteiger partial charge in [0, 0.05) is 31.1 Å². The molecule has 6 nitrogen and oxygen atoms in total. The van der Waals surface area contributed by atoms with Crippen LogP contribution in [0.1, 0.15) is 18.7 Å². The fourth-order valence-electron chi connectivity index (χ4n) is 2.39. The lowest BCUT2D eigenvalue weighted by Crippen LogP contribution is -2.33. The van der Waals surface area contributed by atoms with Gasteiger partial charge in [-0.25, -0.2) is 8.42 Å². The van der Waals surface area contributed by atoms with Crippen molar-refractivity contribution in [2.24, 2.45) is 0 Å². The van der Waals surface area contributed by atoms with Crippen LogP contribution in [0.2, 0.25) is 0 Å². The first-order valence-electron chi connectivity index (χ1n) is 8.44. The topological polar surface area (TPSA) is 65.1 Å². The molecule has 0 unspecified atom stereocenters. The molecule has 0 aliphatic heterocycles. The van der Waals surface area contributed by atoms with Gasteiger partial charge >= 0.3 is 0 Å². The summed E-state index contributed by atoms with van der Waals surface area (Å²) in [4.78, 5) is 1.15. The highest BCUT2D eigenvalue weighted by atomic mass is 32.2. The monoisotopic (exact) mass is 399 g/mol. The Bertz CT molecular complexity index is 775. The Hall–Kier alpha value is -1.61. The Balaban J connectivity index is 2.35. The van der Waals surface area contributed by atoms with E-state index < -0.39 is 10.0 Å². The summed E-state index contributed by atoms with van der Waals surface area (Å²) in [6.45, 7) is 5.51. The normalized spacial score (nSPS) is 11.7. The number of sulfonamides is 1. The molecule has 1 aromatic carbocycles. The van der Waals surface area contributed by atoms with Crippen molar-refractivity contribution in [1.82, 2.24) is 4.31 Å². The molecule has 1 aromatic heterocycles. The Labute approximate surface area is 159 Å². The molecule has 0 aliphatic carbocycles. The third-order valence-electron chi connectivity index (χ3n) is 3.61. The molecule has 0 N–H and O–H groups in total. The van der Waals surface area contributed by atoms with E-state index in [9.17, 15) is 8.42 Å². The van der Waals surface area contributed by atoms with E-state index in [0.717, 1.165) is 4.88 Å². The number of hydrogen-bond acceptors (Lipinski definition) is 6. The Morgan fingerprint density at radius 2 is 1.81 bits per heavy atom. The van der Waals surface area contributed by atoms with Crippen LogP contribution in [-0.2, 0) is 21.3 Å². The van der Waals surface area contributed by atoms with Gasteiger partial charge in [-0.3, -0.25) is 0 Å². The molecule has 0 spiro atoms. The zero-order valence-corrected chi connectivity index (χ0v) is 16.9. The molecule has 0 amide bonds. The molecular weight excluding hydrogens is 374 g/mol. The van der Waals surface area contributed by atoms with Crippen molar-refractivity contribution in [2.75, 3.05) is 33.5 Å². The molecule has 0 fully saturated rings. The molecule has 26 heavy (non-hydrogen) atoms. The van der Waals surface area contributed by atoms with Crippen molar-refractivity contribution < 1.29 is 22.6 Å². The summed E-state index contributed by atoms with van der Waals surface area (Å²) < 4.78 is 43.9. The summed E-state index contributed by atoms with van der Waals surface area (Å²) in [5.74, 6) is 0.966. The molecule has 144 valence electrons. The standard InChI is InChI=1S/C18H25NO5S2/c1-4-23-17-9-8-16(13-18(17)24-5-2)26(20,21)19(10-11-22-3)14-15-7-6-12-25-15/h6-9,12-13H,4-5,10-11,14H2,1-3H3. The molecule has 1 heterocycles. The summed E-state index contributed by atoms with van der Waals surface area (Å²) in [5, 5.41) is 1.93. The first-order valence-corrected chi connectivity index (χ1v) is 10.8. The number of hydrogen-bond donors (Lipinski definition) is 0. The van der Waals surface area contributed by atoms with E-state index in [0.29, 0.717) is 37.9 Å². The fraction of sp³-hybridized carbons (Fsp3) is 0.444.